The molecule has 1 aliphatic heterocycles. The lowest BCUT2D eigenvalue weighted by molar-refractivity contribution is 0.235. The van der Waals surface area contributed by atoms with E-state index in [1.165, 1.54) is 17.8 Å². The summed E-state index contributed by atoms with van der Waals surface area (Å²) in [6.07, 6.45) is 5.33. The van der Waals surface area contributed by atoms with Crippen molar-refractivity contribution in [3.05, 3.63) is 16.3 Å². The van der Waals surface area contributed by atoms with Crippen LogP contribution >= 0.6 is 11.3 Å². The highest BCUT2D eigenvalue weighted by atomic mass is 32.2. The molecule has 6 heteroatoms. The molecule has 1 fully saturated rings. The molecular weight excluding hydrogens is 268 g/mol. The molecule has 1 aliphatic carbocycles. The highest BCUT2D eigenvalue weighted by Gasteiger charge is 2.40. The van der Waals surface area contributed by atoms with E-state index in [9.17, 15) is 8.42 Å². The Morgan fingerprint density at radius 3 is 2.72 bits per heavy atom. The first-order chi connectivity index (χ1) is 8.51. The van der Waals surface area contributed by atoms with E-state index in [0.717, 1.165) is 30.6 Å². The van der Waals surface area contributed by atoms with Crippen molar-refractivity contribution in [2.45, 2.75) is 49.1 Å². The normalized spacial score (nSPS) is 26.1. The van der Waals surface area contributed by atoms with E-state index in [0.29, 0.717) is 18.0 Å². The fourth-order valence-electron chi connectivity index (χ4n) is 2.96. The highest BCUT2D eigenvalue weighted by molar-refractivity contribution is 7.89. The molecule has 0 aromatic carbocycles. The Morgan fingerprint density at radius 1 is 1.33 bits per heavy atom. The molecule has 1 aromatic rings. The first-order valence-corrected chi connectivity index (χ1v) is 8.69. The van der Waals surface area contributed by atoms with Gasteiger partial charge in [0, 0.05) is 23.5 Å². The average molecular weight is 286 g/mol. The first kappa shape index (κ1) is 12.6. The molecule has 2 heterocycles. The molecular formula is C12H18N2O2S2. The number of nitrogens with two attached hydrogens (primary N) is 1. The molecule has 0 radical (unpaired) electrons. The third kappa shape index (κ3) is 2.01. The summed E-state index contributed by atoms with van der Waals surface area (Å²) in [5.41, 5.74) is 6.04. The Bertz CT molecular complexity index is 544. The van der Waals surface area contributed by atoms with E-state index in [-0.39, 0.29) is 5.54 Å². The molecule has 18 heavy (non-hydrogen) atoms. The maximum atomic E-state index is 12.3. The van der Waals surface area contributed by atoms with Gasteiger partial charge in [0.15, 0.2) is 0 Å². The Hall–Kier alpha value is -0.430. The second kappa shape index (κ2) is 4.30. The number of thiophene rings is 1. The lowest BCUT2D eigenvalue weighted by atomic mass is 9.82. The SMILES string of the molecule is NC1(CN2Cc3sccc3S2(=O)=O)CCCCC1. The third-order valence-electron chi connectivity index (χ3n) is 3.98. The zero-order valence-corrected chi connectivity index (χ0v) is 11.9. The van der Waals surface area contributed by atoms with Gasteiger partial charge >= 0.3 is 0 Å². The smallest absolute Gasteiger partial charge is 0.244 e. The predicted molar refractivity (Wildman–Crippen MR) is 71.9 cm³/mol. The minimum atomic E-state index is -3.28. The number of rotatable bonds is 2. The summed E-state index contributed by atoms with van der Waals surface area (Å²) in [5, 5.41) is 1.85. The molecule has 2 aliphatic rings. The number of hydrogen-bond acceptors (Lipinski definition) is 4. The van der Waals surface area contributed by atoms with Crippen LogP contribution in [0.5, 0.6) is 0 Å². The van der Waals surface area contributed by atoms with Crippen LogP contribution in [-0.4, -0.2) is 24.8 Å². The Kier molecular flexibility index (Phi) is 3.01. The second-order valence-electron chi connectivity index (χ2n) is 5.40. The van der Waals surface area contributed by atoms with E-state index in [4.69, 9.17) is 5.73 Å². The zero-order chi connectivity index (χ0) is 12.8. The van der Waals surface area contributed by atoms with Crippen LogP contribution in [0.2, 0.25) is 0 Å². The number of nitrogens with zero attached hydrogens (tertiary/aromatic N) is 1. The lowest BCUT2D eigenvalue weighted by Crippen LogP contribution is -2.51. The summed E-state index contributed by atoms with van der Waals surface area (Å²) < 4.78 is 26.2. The first-order valence-electron chi connectivity index (χ1n) is 6.37. The van der Waals surface area contributed by atoms with Gasteiger partial charge in [0.2, 0.25) is 10.0 Å². The van der Waals surface area contributed by atoms with Crippen LogP contribution in [0.4, 0.5) is 0 Å². The van der Waals surface area contributed by atoms with Gasteiger partial charge in [-0.25, -0.2) is 8.42 Å². The summed E-state index contributed by atoms with van der Waals surface area (Å²) in [7, 11) is -3.28. The van der Waals surface area contributed by atoms with Crippen molar-refractivity contribution in [1.29, 1.82) is 0 Å². The monoisotopic (exact) mass is 286 g/mol. The van der Waals surface area contributed by atoms with Crippen molar-refractivity contribution >= 4 is 21.4 Å². The Balaban J connectivity index is 1.81. The van der Waals surface area contributed by atoms with Crippen molar-refractivity contribution in [1.82, 2.24) is 4.31 Å². The van der Waals surface area contributed by atoms with Gasteiger partial charge in [-0.05, 0) is 24.3 Å². The van der Waals surface area contributed by atoms with E-state index in [1.807, 2.05) is 5.38 Å². The quantitative estimate of drug-likeness (QED) is 0.903. The minimum Gasteiger partial charge on any atom is -0.324 e. The number of sulfonamides is 1. The molecule has 0 amide bonds. The van der Waals surface area contributed by atoms with Gasteiger partial charge in [-0.15, -0.1) is 11.3 Å². The summed E-state index contributed by atoms with van der Waals surface area (Å²) in [5.74, 6) is 0. The van der Waals surface area contributed by atoms with E-state index >= 15 is 0 Å². The standard InChI is InChI=1S/C12H18N2O2S2/c13-12(5-2-1-3-6-12)9-14-8-10-11(4-7-17-10)18(14,15)16/h4,7H,1-3,5-6,8-9,13H2. The molecule has 0 saturated heterocycles. The van der Waals surface area contributed by atoms with E-state index in [1.54, 1.807) is 10.4 Å². The largest absolute Gasteiger partial charge is 0.324 e. The van der Waals surface area contributed by atoms with Gasteiger partial charge in [0.25, 0.3) is 0 Å². The van der Waals surface area contributed by atoms with Crippen LogP contribution in [0, 0.1) is 0 Å². The summed E-state index contributed by atoms with van der Waals surface area (Å²) in [6.45, 7) is 0.977. The minimum absolute atomic E-state index is 0.320. The van der Waals surface area contributed by atoms with E-state index < -0.39 is 10.0 Å². The molecule has 3 rings (SSSR count). The molecule has 2 N–H and O–H groups in total. The summed E-state index contributed by atoms with van der Waals surface area (Å²) >= 11 is 1.52. The van der Waals surface area contributed by atoms with Gasteiger partial charge in [-0.3, -0.25) is 0 Å². The van der Waals surface area contributed by atoms with Crippen LogP contribution < -0.4 is 5.73 Å². The molecule has 1 aromatic heterocycles. The molecule has 100 valence electrons. The summed E-state index contributed by atoms with van der Waals surface area (Å²) in [6, 6.07) is 1.71. The fourth-order valence-corrected chi connectivity index (χ4v) is 5.97. The average Bonchev–Trinajstić information content (AvgIpc) is 2.84. The summed E-state index contributed by atoms with van der Waals surface area (Å²) in [4.78, 5) is 1.45. The van der Waals surface area contributed by atoms with Crippen molar-refractivity contribution < 1.29 is 8.42 Å². The van der Waals surface area contributed by atoms with Gasteiger partial charge < -0.3 is 5.73 Å². The predicted octanol–water partition coefficient (Wildman–Crippen LogP) is 1.91. The maximum Gasteiger partial charge on any atom is 0.244 e. The van der Waals surface area contributed by atoms with Crippen molar-refractivity contribution in [2.75, 3.05) is 6.54 Å². The fraction of sp³-hybridized carbons (Fsp3) is 0.667. The number of hydrogen-bond donors (Lipinski definition) is 1. The van der Waals surface area contributed by atoms with Crippen LogP contribution in [0.15, 0.2) is 16.3 Å². The van der Waals surface area contributed by atoms with Crippen molar-refractivity contribution in [3.63, 3.8) is 0 Å². The molecule has 0 spiro atoms. The highest BCUT2D eigenvalue weighted by Crippen LogP contribution is 2.36. The molecule has 0 bridgehead atoms. The topological polar surface area (TPSA) is 63.4 Å². The Labute approximate surface area is 112 Å². The molecule has 4 nitrogen and oxygen atoms in total. The van der Waals surface area contributed by atoms with E-state index in [2.05, 4.69) is 0 Å². The molecule has 0 atom stereocenters. The van der Waals surface area contributed by atoms with Crippen molar-refractivity contribution in [2.24, 2.45) is 5.73 Å². The molecule has 1 saturated carbocycles. The Morgan fingerprint density at radius 2 is 2.06 bits per heavy atom. The van der Waals surface area contributed by atoms with Crippen molar-refractivity contribution in [3.8, 4) is 0 Å². The second-order valence-corrected chi connectivity index (χ2v) is 8.31. The van der Waals surface area contributed by atoms with Crippen LogP contribution in [-0.2, 0) is 16.6 Å². The van der Waals surface area contributed by atoms with Crippen LogP contribution in [0.25, 0.3) is 0 Å². The van der Waals surface area contributed by atoms with Gasteiger partial charge in [-0.1, -0.05) is 19.3 Å². The van der Waals surface area contributed by atoms with Gasteiger partial charge in [-0.2, -0.15) is 4.31 Å². The maximum absolute atomic E-state index is 12.3. The van der Waals surface area contributed by atoms with Crippen LogP contribution in [0.1, 0.15) is 37.0 Å². The van der Waals surface area contributed by atoms with Crippen LogP contribution in [0.3, 0.4) is 0 Å². The lowest BCUT2D eigenvalue weighted by Gasteiger charge is -2.36. The van der Waals surface area contributed by atoms with Gasteiger partial charge in [0.05, 0.1) is 4.90 Å². The third-order valence-corrected chi connectivity index (χ3v) is 6.89. The zero-order valence-electron chi connectivity index (χ0n) is 10.3. The molecule has 0 unspecified atom stereocenters. The van der Waals surface area contributed by atoms with Gasteiger partial charge in [0.1, 0.15) is 0 Å². The number of fused-ring (bicyclic) bond motifs is 1.